The van der Waals surface area contributed by atoms with Crippen LogP contribution in [0.2, 0.25) is 0 Å². The van der Waals surface area contributed by atoms with Crippen molar-refractivity contribution in [1.29, 1.82) is 0 Å². The third-order valence-corrected chi connectivity index (χ3v) is 3.66. The van der Waals surface area contributed by atoms with Crippen LogP contribution in [0.3, 0.4) is 0 Å². The van der Waals surface area contributed by atoms with Crippen molar-refractivity contribution in [3.63, 3.8) is 0 Å². The maximum absolute atomic E-state index is 5.91. The molecule has 1 unspecified atom stereocenters. The van der Waals surface area contributed by atoms with E-state index in [0.29, 0.717) is 17.2 Å². The third kappa shape index (κ3) is 1.73. The van der Waals surface area contributed by atoms with E-state index in [0.717, 1.165) is 10.0 Å². The number of hydrogen-bond acceptors (Lipinski definition) is 3. The topological polar surface area (TPSA) is 44.5 Å². The Balaban J connectivity index is 2.02. The van der Waals surface area contributed by atoms with Gasteiger partial charge >= 0.3 is 0 Å². The maximum Gasteiger partial charge on any atom is 0.275 e. The van der Waals surface area contributed by atoms with Crippen LogP contribution in [0.1, 0.15) is 12.5 Å². The molecule has 0 aliphatic carbocycles. The zero-order chi connectivity index (χ0) is 12.8. The lowest BCUT2D eigenvalue weighted by Crippen LogP contribution is -2.31. The number of nitrogens with two attached hydrogens (primary N) is 1. The fourth-order valence-corrected chi connectivity index (χ4v) is 2.33. The predicted octanol–water partition coefficient (Wildman–Crippen LogP) is 3.68. The van der Waals surface area contributed by atoms with Gasteiger partial charge in [-0.05, 0) is 15.9 Å². The Bertz CT molecular complexity index is 567. The van der Waals surface area contributed by atoms with Gasteiger partial charge in [0.1, 0.15) is 0 Å². The summed E-state index contributed by atoms with van der Waals surface area (Å²) in [5.74, 6) is 0.570. The molecule has 0 saturated heterocycles. The molecule has 1 aliphatic rings. The first-order valence-corrected chi connectivity index (χ1v) is 6.40. The van der Waals surface area contributed by atoms with Gasteiger partial charge in [-0.25, -0.2) is 0 Å². The smallest absolute Gasteiger partial charge is 0.275 e. The summed E-state index contributed by atoms with van der Waals surface area (Å²) in [5, 5.41) is 0. The van der Waals surface area contributed by atoms with Crippen molar-refractivity contribution in [3.8, 4) is 11.5 Å². The van der Waals surface area contributed by atoms with Crippen molar-refractivity contribution < 1.29 is 9.47 Å². The van der Waals surface area contributed by atoms with Gasteiger partial charge in [-0.3, -0.25) is 0 Å². The van der Waals surface area contributed by atoms with Crippen LogP contribution in [0.5, 0.6) is 11.5 Å². The minimum Gasteiger partial charge on any atom is -0.444 e. The van der Waals surface area contributed by atoms with E-state index in [9.17, 15) is 0 Å². The van der Waals surface area contributed by atoms with Crippen LogP contribution in [0.15, 0.2) is 46.9 Å². The van der Waals surface area contributed by atoms with Crippen LogP contribution in [0.4, 0.5) is 5.69 Å². The Labute approximate surface area is 114 Å². The first kappa shape index (κ1) is 11.4. The van der Waals surface area contributed by atoms with Crippen LogP contribution >= 0.6 is 15.9 Å². The fraction of sp³-hybridized carbons (Fsp3) is 0.143. The Morgan fingerprint density at radius 3 is 2.33 bits per heavy atom. The third-order valence-electron chi connectivity index (χ3n) is 2.97. The summed E-state index contributed by atoms with van der Waals surface area (Å²) in [7, 11) is 0. The first-order chi connectivity index (χ1) is 8.58. The summed E-state index contributed by atoms with van der Waals surface area (Å²) >= 11 is 3.38. The summed E-state index contributed by atoms with van der Waals surface area (Å²) in [6, 6.07) is 13.4. The zero-order valence-electron chi connectivity index (χ0n) is 9.81. The highest BCUT2D eigenvalue weighted by atomic mass is 79.9. The van der Waals surface area contributed by atoms with E-state index < -0.39 is 5.79 Å². The lowest BCUT2D eigenvalue weighted by Gasteiger charge is -2.23. The molecule has 0 radical (unpaired) electrons. The van der Waals surface area contributed by atoms with Gasteiger partial charge in [0.25, 0.3) is 5.79 Å². The largest absolute Gasteiger partial charge is 0.444 e. The second-order valence-corrected chi connectivity index (χ2v) is 5.19. The van der Waals surface area contributed by atoms with E-state index in [2.05, 4.69) is 15.9 Å². The summed E-state index contributed by atoms with van der Waals surface area (Å²) < 4.78 is 12.6. The van der Waals surface area contributed by atoms with E-state index >= 15 is 0 Å². The summed E-state index contributed by atoms with van der Waals surface area (Å²) in [6.07, 6.45) is 0. The molecule has 0 saturated carbocycles. The minimum atomic E-state index is -0.795. The summed E-state index contributed by atoms with van der Waals surface area (Å²) in [5.41, 5.74) is 7.44. The monoisotopic (exact) mass is 305 g/mol. The highest BCUT2D eigenvalue weighted by Gasteiger charge is 2.38. The quantitative estimate of drug-likeness (QED) is 0.818. The summed E-state index contributed by atoms with van der Waals surface area (Å²) in [4.78, 5) is 0. The fourth-order valence-electron chi connectivity index (χ4n) is 2.01. The van der Waals surface area contributed by atoms with Crippen molar-refractivity contribution in [1.82, 2.24) is 0 Å². The van der Waals surface area contributed by atoms with Gasteiger partial charge in [0.15, 0.2) is 11.5 Å². The molecule has 1 atom stereocenters. The lowest BCUT2D eigenvalue weighted by molar-refractivity contribution is -0.0680. The number of hydrogen-bond donors (Lipinski definition) is 1. The molecule has 0 spiro atoms. The molecule has 0 bridgehead atoms. The highest BCUT2D eigenvalue weighted by Crippen LogP contribution is 2.46. The molecule has 1 aliphatic heterocycles. The molecular formula is C14H12BrNO2. The molecule has 2 N–H and O–H groups in total. The molecular weight excluding hydrogens is 294 g/mol. The van der Waals surface area contributed by atoms with Gasteiger partial charge in [0.2, 0.25) is 0 Å². The van der Waals surface area contributed by atoms with Crippen molar-refractivity contribution in [2.24, 2.45) is 0 Å². The average Bonchev–Trinajstić information content (AvgIpc) is 2.68. The van der Waals surface area contributed by atoms with Gasteiger partial charge in [-0.1, -0.05) is 30.3 Å². The SMILES string of the molecule is CC1(c2ccccc2)Oc2cc(N)c(Br)cc2O1. The van der Waals surface area contributed by atoms with Crippen LogP contribution in [0, 0.1) is 0 Å². The van der Waals surface area contributed by atoms with Crippen molar-refractivity contribution in [2.45, 2.75) is 12.7 Å². The zero-order valence-corrected chi connectivity index (χ0v) is 11.4. The van der Waals surface area contributed by atoms with Crippen LogP contribution in [-0.4, -0.2) is 0 Å². The molecule has 0 amide bonds. The van der Waals surface area contributed by atoms with Crippen LogP contribution in [0.25, 0.3) is 0 Å². The van der Waals surface area contributed by atoms with Crippen molar-refractivity contribution in [3.05, 3.63) is 52.5 Å². The van der Waals surface area contributed by atoms with E-state index in [-0.39, 0.29) is 0 Å². The second-order valence-electron chi connectivity index (χ2n) is 4.34. The Hall–Kier alpha value is -1.68. The normalized spacial score (nSPS) is 21.0. The standard InChI is InChI=1S/C14H12BrNO2/c1-14(9-5-3-2-4-6-9)17-12-7-10(15)11(16)8-13(12)18-14/h2-8H,16H2,1H3. The van der Waals surface area contributed by atoms with E-state index in [1.165, 1.54) is 0 Å². The summed E-state index contributed by atoms with van der Waals surface area (Å²) in [6.45, 7) is 1.90. The Morgan fingerprint density at radius 1 is 1.06 bits per heavy atom. The molecule has 4 heteroatoms. The number of ether oxygens (including phenoxy) is 2. The van der Waals surface area contributed by atoms with Gasteiger partial charge in [0.05, 0.1) is 0 Å². The van der Waals surface area contributed by atoms with E-state index in [1.807, 2.05) is 43.3 Å². The molecule has 0 aromatic heterocycles. The van der Waals surface area contributed by atoms with Crippen molar-refractivity contribution >= 4 is 21.6 Å². The first-order valence-electron chi connectivity index (χ1n) is 5.61. The molecule has 92 valence electrons. The van der Waals surface area contributed by atoms with Gasteiger partial charge in [-0.2, -0.15) is 0 Å². The van der Waals surface area contributed by atoms with Gasteiger partial charge in [-0.15, -0.1) is 0 Å². The van der Waals surface area contributed by atoms with Crippen LogP contribution in [-0.2, 0) is 5.79 Å². The Morgan fingerprint density at radius 2 is 1.67 bits per heavy atom. The molecule has 3 nitrogen and oxygen atoms in total. The molecule has 3 rings (SSSR count). The molecule has 1 heterocycles. The number of anilines is 1. The molecule has 18 heavy (non-hydrogen) atoms. The number of benzene rings is 2. The van der Waals surface area contributed by atoms with E-state index in [4.69, 9.17) is 15.2 Å². The average molecular weight is 306 g/mol. The van der Waals surface area contributed by atoms with E-state index in [1.54, 1.807) is 6.07 Å². The minimum absolute atomic E-state index is 0.634. The van der Waals surface area contributed by atoms with Crippen molar-refractivity contribution in [2.75, 3.05) is 5.73 Å². The molecule has 2 aromatic rings. The molecule has 0 fully saturated rings. The number of nitrogen functional groups attached to an aromatic ring is 1. The Kier molecular flexibility index (Phi) is 2.48. The van der Waals surface area contributed by atoms with Gasteiger partial charge in [0, 0.05) is 34.8 Å². The van der Waals surface area contributed by atoms with Gasteiger partial charge < -0.3 is 15.2 Å². The maximum atomic E-state index is 5.91. The predicted molar refractivity (Wildman–Crippen MR) is 73.6 cm³/mol. The number of fused-ring (bicyclic) bond motifs is 1. The van der Waals surface area contributed by atoms with Crippen LogP contribution < -0.4 is 15.2 Å². The molecule has 2 aromatic carbocycles. The lowest BCUT2D eigenvalue weighted by atomic mass is 10.1. The number of halogens is 1. The highest BCUT2D eigenvalue weighted by molar-refractivity contribution is 9.10. The number of rotatable bonds is 1. The second kappa shape index (κ2) is 3.92.